The molecule has 2 aliphatic carbocycles. The van der Waals surface area contributed by atoms with Crippen molar-refractivity contribution < 1.29 is 4.79 Å². The van der Waals surface area contributed by atoms with E-state index in [1.807, 2.05) is 31.3 Å². The molecule has 0 radical (unpaired) electrons. The Morgan fingerprint density at radius 1 is 1.20 bits per heavy atom. The van der Waals surface area contributed by atoms with Crippen LogP contribution in [0, 0.1) is 17.8 Å². The largest absolute Gasteiger partial charge is 0.388 e. The molecule has 1 aromatic carbocycles. The molecule has 1 aromatic rings. The molecule has 20 heavy (non-hydrogen) atoms. The van der Waals surface area contributed by atoms with E-state index in [-0.39, 0.29) is 5.91 Å². The molecule has 108 valence electrons. The SMILES string of the molecule is CNc1ccc(C(=O)NC(C)C2CC3CCC2C3)cc1. The molecule has 0 spiro atoms. The van der Waals surface area contributed by atoms with Gasteiger partial charge in [0, 0.05) is 24.3 Å². The normalized spacial score (nSPS) is 29.2. The smallest absolute Gasteiger partial charge is 0.251 e. The molecular formula is C17H24N2O. The van der Waals surface area contributed by atoms with Gasteiger partial charge in [0.1, 0.15) is 0 Å². The lowest BCUT2D eigenvalue weighted by Crippen LogP contribution is -2.40. The van der Waals surface area contributed by atoms with Gasteiger partial charge < -0.3 is 10.6 Å². The molecule has 0 aliphatic heterocycles. The van der Waals surface area contributed by atoms with Crippen molar-refractivity contribution in [1.82, 2.24) is 5.32 Å². The number of amides is 1. The van der Waals surface area contributed by atoms with E-state index in [1.165, 1.54) is 25.7 Å². The quantitative estimate of drug-likeness (QED) is 0.883. The highest BCUT2D eigenvalue weighted by molar-refractivity contribution is 5.94. The highest BCUT2D eigenvalue weighted by Crippen LogP contribution is 2.49. The molecule has 2 saturated carbocycles. The maximum atomic E-state index is 12.3. The van der Waals surface area contributed by atoms with Gasteiger partial charge in [-0.3, -0.25) is 4.79 Å². The van der Waals surface area contributed by atoms with Crippen LogP contribution in [0.5, 0.6) is 0 Å². The van der Waals surface area contributed by atoms with Crippen LogP contribution in [0.3, 0.4) is 0 Å². The minimum Gasteiger partial charge on any atom is -0.388 e. The van der Waals surface area contributed by atoms with Crippen molar-refractivity contribution in [2.75, 3.05) is 12.4 Å². The van der Waals surface area contributed by atoms with Gasteiger partial charge in [-0.25, -0.2) is 0 Å². The van der Waals surface area contributed by atoms with Crippen LogP contribution in [0.2, 0.25) is 0 Å². The average molecular weight is 272 g/mol. The second-order valence-corrected chi connectivity index (χ2v) is 6.43. The topological polar surface area (TPSA) is 41.1 Å². The van der Waals surface area contributed by atoms with Gasteiger partial charge in [-0.2, -0.15) is 0 Å². The Kier molecular flexibility index (Phi) is 3.68. The number of hydrogen-bond acceptors (Lipinski definition) is 2. The molecule has 3 nitrogen and oxygen atoms in total. The summed E-state index contributed by atoms with van der Waals surface area (Å²) in [5, 5.41) is 6.27. The van der Waals surface area contributed by atoms with E-state index in [1.54, 1.807) is 0 Å². The van der Waals surface area contributed by atoms with Crippen LogP contribution in [0.15, 0.2) is 24.3 Å². The van der Waals surface area contributed by atoms with Crippen LogP contribution in [0.1, 0.15) is 43.0 Å². The summed E-state index contributed by atoms with van der Waals surface area (Å²) in [7, 11) is 1.88. The van der Waals surface area contributed by atoms with Crippen molar-refractivity contribution in [2.24, 2.45) is 17.8 Å². The molecule has 2 bridgehead atoms. The Balaban J connectivity index is 1.60. The Hall–Kier alpha value is -1.51. The van der Waals surface area contributed by atoms with E-state index < -0.39 is 0 Å². The summed E-state index contributed by atoms with van der Waals surface area (Å²) in [5.41, 5.74) is 1.78. The fraction of sp³-hybridized carbons (Fsp3) is 0.588. The van der Waals surface area contributed by atoms with Gasteiger partial charge in [-0.1, -0.05) is 6.42 Å². The fourth-order valence-electron chi connectivity index (χ4n) is 4.09. The average Bonchev–Trinajstić information content (AvgIpc) is 3.10. The van der Waals surface area contributed by atoms with Crippen molar-refractivity contribution in [3.8, 4) is 0 Å². The number of anilines is 1. The van der Waals surface area contributed by atoms with E-state index in [0.29, 0.717) is 12.0 Å². The van der Waals surface area contributed by atoms with Crippen molar-refractivity contribution in [3.63, 3.8) is 0 Å². The van der Waals surface area contributed by atoms with Gasteiger partial charge in [0.25, 0.3) is 5.91 Å². The fourth-order valence-corrected chi connectivity index (χ4v) is 4.09. The van der Waals surface area contributed by atoms with E-state index in [9.17, 15) is 4.79 Å². The van der Waals surface area contributed by atoms with Gasteiger partial charge in [-0.15, -0.1) is 0 Å². The predicted octanol–water partition coefficient (Wildman–Crippen LogP) is 3.28. The van der Waals surface area contributed by atoms with Crippen LogP contribution >= 0.6 is 0 Å². The first-order chi connectivity index (χ1) is 9.67. The standard InChI is InChI=1S/C17H24N2O/c1-11(16-10-12-3-4-14(16)9-12)19-17(20)13-5-7-15(18-2)8-6-13/h5-8,11-12,14,16,18H,3-4,9-10H2,1-2H3,(H,19,20). The number of fused-ring (bicyclic) bond motifs is 2. The van der Waals surface area contributed by atoms with Crippen LogP contribution in [-0.4, -0.2) is 19.0 Å². The summed E-state index contributed by atoms with van der Waals surface area (Å²) >= 11 is 0. The lowest BCUT2D eigenvalue weighted by molar-refractivity contribution is 0.0915. The molecule has 1 amide bonds. The number of hydrogen-bond donors (Lipinski definition) is 2. The van der Waals surface area contributed by atoms with Crippen molar-refractivity contribution in [3.05, 3.63) is 29.8 Å². The Morgan fingerprint density at radius 3 is 2.50 bits per heavy atom. The number of rotatable bonds is 4. The lowest BCUT2D eigenvalue weighted by Gasteiger charge is -2.28. The molecule has 0 aromatic heterocycles. The Morgan fingerprint density at radius 2 is 1.95 bits per heavy atom. The third-order valence-corrected chi connectivity index (χ3v) is 5.23. The summed E-state index contributed by atoms with van der Waals surface area (Å²) < 4.78 is 0. The van der Waals surface area contributed by atoms with Crippen LogP contribution in [0.4, 0.5) is 5.69 Å². The monoisotopic (exact) mass is 272 g/mol. The maximum Gasteiger partial charge on any atom is 0.251 e. The third-order valence-electron chi connectivity index (χ3n) is 5.23. The molecule has 2 aliphatic rings. The first-order valence-electron chi connectivity index (χ1n) is 7.76. The molecule has 0 heterocycles. The van der Waals surface area contributed by atoms with Gasteiger partial charge >= 0.3 is 0 Å². The second kappa shape index (κ2) is 5.47. The van der Waals surface area contributed by atoms with Crippen molar-refractivity contribution >= 4 is 11.6 Å². The zero-order valence-corrected chi connectivity index (χ0v) is 12.4. The molecule has 4 atom stereocenters. The zero-order valence-electron chi connectivity index (χ0n) is 12.4. The van der Waals surface area contributed by atoms with Crippen LogP contribution < -0.4 is 10.6 Å². The van der Waals surface area contributed by atoms with Crippen LogP contribution in [0.25, 0.3) is 0 Å². The third kappa shape index (κ3) is 2.54. The highest BCUT2D eigenvalue weighted by atomic mass is 16.1. The summed E-state index contributed by atoms with van der Waals surface area (Å²) in [4.78, 5) is 12.3. The Bertz CT molecular complexity index is 482. The Labute approximate surface area is 121 Å². The minimum atomic E-state index is 0.0583. The molecule has 0 saturated heterocycles. The van der Waals surface area contributed by atoms with Crippen LogP contribution in [-0.2, 0) is 0 Å². The van der Waals surface area contributed by atoms with Crippen molar-refractivity contribution in [1.29, 1.82) is 0 Å². The molecule has 4 unspecified atom stereocenters. The highest BCUT2D eigenvalue weighted by Gasteiger charge is 2.42. The van der Waals surface area contributed by atoms with Gasteiger partial charge in [0.05, 0.1) is 0 Å². The van der Waals surface area contributed by atoms with E-state index in [4.69, 9.17) is 0 Å². The van der Waals surface area contributed by atoms with E-state index in [2.05, 4.69) is 17.6 Å². The molecule has 2 fully saturated rings. The summed E-state index contributed by atoms with van der Waals surface area (Å²) in [6.45, 7) is 2.17. The summed E-state index contributed by atoms with van der Waals surface area (Å²) in [6, 6.07) is 7.94. The number of carbonyl (C=O) groups excluding carboxylic acids is 1. The van der Waals surface area contributed by atoms with E-state index >= 15 is 0 Å². The predicted molar refractivity (Wildman–Crippen MR) is 81.9 cm³/mol. The first-order valence-corrected chi connectivity index (χ1v) is 7.76. The summed E-state index contributed by atoms with van der Waals surface area (Å²) in [5.74, 6) is 2.53. The molecule has 3 heteroatoms. The lowest BCUT2D eigenvalue weighted by atomic mass is 9.84. The second-order valence-electron chi connectivity index (χ2n) is 6.43. The van der Waals surface area contributed by atoms with Gasteiger partial charge in [0.15, 0.2) is 0 Å². The maximum absolute atomic E-state index is 12.3. The molecule has 2 N–H and O–H groups in total. The minimum absolute atomic E-state index is 0.0583. The van der Waals surface area contributed by atoms with E-state index in [0.717, 1.165) is 23.1 Å². The number of benzene rings is 1. The van der Waals surface area contributed by atoms with Gasteiger partial charge in [-0.05, 0) is 68.2 Å². The summed E-state index contributed by atoms with van der Waals surface area (Å²) in [6.07, 6.45) is 5.48. The number of carbonyl (C=O) groups is 1. The zero-order chi connectivity index (χ0) is 14.1. The molecular weight excluding hydrogens is 248 g/mol. The first kappa shape index (κ1) is 13.5. The van der Waals surface area contributed by atoms with Gasteiger partial charge in [0.2, 0.25) is 0 Å². The van der Waals surface area contributed by atoms with Crippen molar-refractivity contribution in [2.45, 2.75) is 38.6 Å². The number of nitrogens with one attached hydrogen (secondary N) is 2. The molecule has 3 rings (SSSR count).